The Morgan fingerprint density at radius 2 is 1.16 bits per heavy atom. The highest BCUT2D eigenvalue weighted by Gasteiger charge is 2.29. The minimum absolute atomic E-state index is 0.0953. The zero-order valence-corrected chi connectivity index (χ0v) is 17.9. The van der Waals surface area contributed by atoms with Crippen LogP contribution in [0.25, 0.3) is 22.3 Å². The molecule has 0 aromatic heterocycles. The molecule has 1 heterocycles. The maximum absolute atomic E-state index is 13.7. The van der Waals surface area contributed by atoms with E-state index in [9.17, 15) is 4.79 Å². The van der Waals surface area contributed by atoms with Gasteiger partial charge in [0.1, 0.15) is 0 Å². The van der Waals surface area contributed by atoms with E-state index >= 15 is 0 Å². The van der Waals surface area contributed by atoms with Crippen LogP contribution in [-0.4, -0.2) is 18.5 Å². The van der Waals surface area contributed by atoms with E-state index in [0.717, 1.165) is 53.0 Å². The van der Waals surface area contributed by atoms with Gasteiger partial charge in [0.2, 0.25) is 5.91 Å². The van der Waals surface area contributed by atoms with E-state index in [0.29, 0.717) is 0 Å². The molecule has 1 amide bonds. The van der Waals surface area contributed by atoms with Crippen LogP contribution < -0.4 is 10.2 Å². The largest absolute Gasteiger partial charge is 0.306 e. The normalized spacial score (nSPS) is 15.4. The topological polar surface area (TPSA) is 32.3 Å². The van der Waals surface area contributed by atoms with Crippen molar-refractivity contribution in [1.82, 2.24) is 5.32 Å². The molecule has 3 heteroatoms. The fourth-order valence-corrected chi connectivity index (χ4v) is 4.37. The summed E-state index contributed by atoms with van der Waals surface area (Å²) < 4.78 is 0. The predicted molar refractivity (Wildman–Crippen MR) is 132 cm³/mol. The molecule has 1 aliphatic rings. The van der Waals surface area contributed by atoms with Crippen LogP contribution in [-0.2, 0) is 4.79 Å². The lowest BCUT2D eigenvalue weighted by Gasteiger charge is -2.27. The van der Waals surface area contributed by atoms with Gasteiger partial charge >= 0.3 is 0 Å². The first-order valence-corrected chi connectivity index (χ1v) is 11.2. The Bertz CT molecular complexity index is 1120. The first-order valence-electron chi connectivity index (χ1n) is 11.2. The van der Waals surface area contributed by atoms with E-state index in [1.165, 1.54) is 0 Å². The van der Waals surface area contributed by atoms with Crippen LogP contribution >= 0.6 is 0 Å². The summed E-state index contributed by atoms with van der Waals surface area (Å²) in [4.78, 5) is 15.6. The van der Waals surface area contributed by atoms with E-state index in [-0.39, 0.29) is 11.9 Å². The van der Waals surface area contributed by atoms with Gasteiger partial charge < -0.3 is 5.32 Å². The molecule has 1 N–H and O–H groups in total. The number of carbonyl (C=O) groups is 1. The highest BCUT2D eigenvalue weighted by molar-refractivity contribution is 6.04. The quantitative estimate of drug-likeness (QED) is 0.405. The average Bonchev–Trinajstić information content (AvgIpc) is 3.41. The van der Waals surface area contributed by atoms with Gasteiger partial charge in [-0.2, -0.15) is 0 Å². The SMILES string of the molecule is O=C([C@H]1CCCN1)N(c1cccc(-c2ccccc2)c1)c1cccc(-c2ccccc2)c1. The van der Waals surface area contributed by atoms with Crippen molar-refractivity contribution in [3.63, 3.8) is 0 Å². The highest BCUT2D eigenvalue weighted by atomic mass is 16.2. The van der Waals surface area contributed by atoms with Crippen LogP contribution in [0.15, 0.2) is 109 Å². The number of anilines is 2. The number of nitrogens with one attached hydrogen (secondary N) is 1. The van der Waals surface area contributed by atoms with Crippen LogP contribution in [0.3, 0.4) is 0 Å². The van der Waals surface area contributed by atoms with Crippen molar-refractivity contribution in [1.29, 1.82) is 0 Å². The van der Waals surface area contributed by atoms with Crippen molar-refractivity contribution in [3.8, 4) is 22.3 Å². The maximum atomic E-state index is 13.7. The molecule has 0 bridgehead atoms. The summed E-state index contributed by atoms with van der Waals surface area (Å²) in [5.74, 6) is 0.0953. The van der Waals surface area contributed by atoms with Gasteiger partial charge in [0.05, 0.1) is 6.04 Å². The molecule has 158 valence electrons. The smallest absolute Gasteiger partial charge is 0.248 e. The van der Waals surface area contributed by atoms with Gasteiger partial charge in [0, 0.05) is 11.4 Å². The first kappa shape index (κ1) is 20.2. The zero-order valence-electron chi connectivity index (χ0n) is 17.9. The van der Waals surface area contributed by atoms with Crippen LogP contribution in [0.4, 0.5) is 11.4 Å². The van der Waals surface area contributed by atoms with Crippen LogP contribution in [0.2, 0.25) is 0 Å². The number of amides is 1. The molecule has 4 aromatic rings. The Morgan fingerprint density at radius 1 is 0.656 bits per heavy atom. The Hall–Kier alpha value is -3.69. The lowest BCUT2D eigenvalue weighted by Crippen LogP contribution is -2.41. The lowest BCUT2D eigenvalue weighted by atomic mass is 10.0. The number of hydrogen-bond acceptors (Lipinski definition) is 2. The molecular formula is C29H26N2O. The van der Waals surface area contributed by atoms with E-state index < -0.39 is 0 Å². The number of nitrogens with zero attached hydrogens (tertiary/aromatic N) is 1. The molecule has 3 nitrogen and oxygen atoms in total. The minimum atomic E-state index is -0.157. The van der Waals surface area contributed by atoms with Crippen molar-refractivity contribution >= 4 is 17.3 Å². The molecule has 0 radical (unpaired) electrons. The van der Waals surface area contributed by atoms with Crippen molar-refractivity contribution in [3.05, 3.63) is 109 Å². The predicted octanol–water partition coefficient (Wildman–Crippen LogP) is 6.44. The number of benzene rings is 4. The summed E-state index contributed by atoms with van der Waals surface area (Å²) in [7, 11) is 0. The summed E-state index contributed by atoms with van der Waals surface area (Å²) in [5.41, 5.74) is 6.24. The Labute approximate surface area is 189 Å². The van der Waals surface area contributed by atoms with Gasteiger partial charge in [-0.15, -0.1) is 0 Å². The van der Waals surface area contributed by atoms with Crippen molar-refractivity contribution in [2.75, 3.05) is 11.4 Å². The summed E-state index contributed by atoms with van der Waals surface area (Å²) in [6, 6.07) is 36.9. The van der Waals surface area contributed by atoms with E-state index in [1.54, 1.807) is 0 Å². The molecule has 0 unspecified atom stereocenters. The second-order valence-electron chi connectivity index (χ2n) is 8.16. The third kappa shape index (κ3) is 4.20. The molecule has 1 fully saturated rings. The van der Waals surface area contributed by atoms with E-state index in [4.69, 9.17) is 0 Å². The van der Waals surface area contributed by atoms with Crippen molar-refractivity contribution in [2.24, 2.45) is 0 Å². The molecule has 0 aliphatic carbocycles. The average molecular weight is 419 g/mol. The minimum Gasteiger partial charge on any atom is -0.306 e. The van der Waals surface area contributed by atoms with E-state index in [2.05, 4.69) is 53.8 Å². The van der Waals surface area contributed by atoms with Gasteiger partial charge in [-0.05, 0) is 65.9 Å². The molecular weight excluding hydrogens is 392 g/mol. The Morgan fingerprint density at radius 3 is 1.62 bits per heavy atom. The Kier molecular flexibility index (Phi) is 5.82. The van der Waals surface area contributed by atoms with Gasteiger partial charge in [-0.1, -0.05) is 84.9 Å². The number of rotatable bonds is 5. The molecule has 1 saturated heterocycles. The van der Waals surface area contributed by atoms with Gasteiger partial charge in [-0.3, -0.25) is 9.69 Å². The fraction of sp³-hybridized carbons (Fsp3) is 0.138. The monoisotopic (exact) mass is 418 g/mol. The summed E-state index contributed by atoms with van der Waals surface area (Å²) in [6.45, 7) is 0.887. The molecule has 5 rings (SSSR count). The van der Waals surface area contributed by atoms with Crippen LogP contribution in [0, 0.1) is 0 Å². The number of hydrogen-bond donors (Lipinski definition) is 1. The third-order valence-electron chi connectivity index (χ3n) is 6.00. The molecule has 0 saturated carbocycles. The second kappa shape index (κ2) is 9.21. The Balaban J connectivity index is 1.59. The van der Waals surface area contributed by atoms with Crippen LogP contribution in [0.5, 0.6) is 0 Å². The molecule has 1 atom stereocenters. The zero-order chi connectivity index (χ0) is 21.8. The van der Waals surface area contributed by atoms with Gasteiger partial charge in [-0.25, -0.2) is 0 Å². The highest BCUT2D eigenvalue weighted by Crippen LogP contribution is 2.33. The summed E-state index contributed by atoms with van der Waals surface area (Å²) in [6.07, 6.45) is 1.89. The van der Waals surface area contributed by atoms with Gasteiger partial charge in [0.15, 0.2) is 0 Å². The standard InChI is InChI=1S/C29H26N2O/c32-29(28-18-9-19-30-28)31(26-16-7-14-24(20-26)22-10-3-1-4-11-22)27-17-8-15-25(21-27)23-12-5-2-6-13-23/h1-8,10-17,20-21,28,30H,9,18-19H2/t28-/m1/s1. The van der Waals surface area contributed by atoms with Crippen molar-refractivity contribution < 1.29 is 4.79 Å². The first-order chi connectivity index (χ1) is 15.8. The summed E-state index contributed by atoms with van der Waals surface area (Å²) >= 11 is 0. The van der Waals surface area contributed by atoms with E-state index in [1.807, 2.05) is 65.6 Å². The molecule has 1 aliphatic heterocycles. The molecule has 4 aromatic carbocycles. The van der Waals surface area contributed by atoms with Crippen molar-refractivity contribution in [2.45, 2.75) is 18.9 Å². The second-order valence-corrected chi connectivity index (χ2v) is 8.16. The number of carbonyl (C=O) groups excluding carboxylic acids is 1. The lowest BCUT2D eigenvalue weighted by molar-refractivity contribution is -0.119. The molecule has 0 spiro atoms. The molecule has 32 heavy (non-hydrogen) atoms. The fourth-order valence-electron chi connectivity index (χ4n) is 4.37. The third-order valence-corrected chi connectivity index (χ3v) is 6.00. The maximum Gasteiger partial charge on any atom is 0.248 e. The van der Waals surface area contributed by atoms with Crippen LogP contribution in [0.1, 0.15) is 12.8 Å². The summed E-state index contributed by atoms with van der Waals surface area (Å²) in [5, 5.41) is 3.38. The van der Waals surface area contributed by atoms with Gasteiger partial charge in [0.25, 0.3) is 0 Å².